The van der Waals surface area contributed by atoms with Gasteiger partial charge in [-0.15, -0.1) is 0 Å². The lowest BCUT2D eigenvalue weighted by Gasteiger charge is -2.47. The van der Waals surface area contributed by atoms with Crippen LogP contribution >= 0.6 is 0 Å². The topological polar surface area (TPSA) is 180 Å². The van der Waals surface area contributed by atoms with Crippen molar-refractivity contribution in [3.05, 3.63) is 36.5 Å². The van der Waals surface area contributed by atoms with Crippen LogP contribution in [0.1, 0.15) is 61.3 Å². The van der Waals surface area contributed by atoms with Crippen molar-refractivity contribution in [2.24, 2.45) is 23.7 Å². The van der Waals surface area contributed by atoms with E-state index in [0.717, 1.165) is 0 Å². The quantitative estimate of drug-likeness (QED) is 0.272. The molecule has 0 spiro atoms. The zero-order chi connectivity index (χ0) is 36.6. The van der Waals surface area contributed by atoms with Crippen molar-refractivity contribution < 1.29 is 63.2 Å². The number of methoxy groups -OCH3 is 2. The van der Waals surface area contributed by atoms with E-state index < -0.39 is 90.9 Å². The number of hydrogen-bond acceptors (Lipinski definition) is 13. The number of rotatable bonds is 8. The number of carbonyl (C=O) groups is 2. The van der Waals surface area contributed by atoms with E-state index >= 15 is 0 Å². The molecular formula is C36H58O13. The normalized spacial score (nSPS) is 43.7. The molecule has 16 unspecified atom stereocenters. The standard InChI is InChI=1S/C36H58O13/c1-19-14-15-28(39)47-23(5)26(18-45-34-32(44-9)31(43-8)29(40)24(6)48-34)12-10-11-13-27(38)20(2)16-21(3)30(19)49-35-33(41)36(42,25(7)37)17-22(4)46-35/h10-15,19-26,29-35,37,40-42H,16-18H2,1-9H3. The minimum atomic E-state index is -1.84. The van der Waals surface area contributed by atoms with E-state index in [-0.39, 0.29) is 30.6 Å². The van der Waals surface area contributed by atoms with Crippen LogP contribution < -0.4 is 0 Å². The van der Waals surface area contributed by atoms with Gasteiger partial charge in [-0.25, -0.2) is 4.79 Å². The molecule has 2 fully saturated rings. The summed E-state index contributed by atoms with van der Waals surface area (Å²) in [5, 5.41) is 42.9. The summed E-state index contributed by atoms with van der Waals surface area (Å²) in [5.41, 5.74) is -1.84. The SMILES string of the molecule is COC1C(OCC2C=CC=CC(=O)C(C)CC(C)C(OC3OC(C)CC(O)(C(C)O)C3O)C(C)C=CC(=O)OC2C)OC(C)C(O)C1OC. The summed E-state index contributed by atoms with van der Waals surface area (Å²) in [6.45, 7) is 12.2. The zero-order valence-corrected chi connectivity index (χ0v) is 30.2. The van der Waals surface area contributed by atoms with Gasteiger partial charge in [0.15, 0.2) is 18.4 Å². The van der Waals surface area contributed by atoms with Crippen molar-refractivity contribution in [3.8, 4) is 0 Å². The van der Waals surface area contributed by atoms with E-state index in [0.29, 0.717) is 6.42 Å². The Labute approximate surface area is 290 Å². The summed E-state index contributed by atoms with van der Waals surface area (Å²) in [4.78, 5) is 26.2. The monoisotopic (exact) mass is 698 g/mol. The number of esters is 1. The number of allylic oxidation sites excluding steroid dienone is 3. The molecule has 0 bridgehead atoms. The second kappa shape index (κ2) is 18.5. The molecule has 49 heavy (non-hydrogen) atoms. The highest BCUT2D eigenvalue weighted by Crippen LogP contribution is 2.36. The molecule has 2 saturated heterocycles. The molecule has 280 valence electrons. The van der Waals surface area contributed by atoms with Gasteiger partial charge in [-0.1, -0.05) is 45.1 Å². The van der Waals surface area contributed by atoms with Crippen molar-refractivity contribution in [1.82, 2.24) is 0 Å². The van der Waals surface area contributed by atoms with E-state index in [4.69, 9.17) is 33.2 Å². The van der Waals surface area contributed by atoms with E-state index in [1.54, 1.807) is 45.1 Å². The number of ether oxygens (including phenoxy) is 7. The molecule has 3 rings (SSSR count). The molecule has 13 heteroatoms. The fourth-order valence-electron chi connectivity index (χ4n) is 6.80. The molecule has 0 amide bonds. The highest BCUT2D eigenvalue weighted by atomic mass is 16.7. The van der Waals surface area contributed by atoms with Gasteiger partial charge in [-0.3, -0.25) is 4.79 Å². The van der Waals surface area contributed by atoms with Crippen LogP contribution in [-0.2, 0) is 42.7 Å². The predicted molar refractivity (Wildman–Crippen MR) is 178 cm³/mol. The molecule has 0 aliphatic carbocycles. The first-order valence-electron chi connectivity index (χ1n) is 17.2. The Morgan fingerprint density at radius 1 is 0.898 bits per heavy atom. The van der Waals surface area contributed by atoms with Crippen LogP contribution in [0.2, 0.25) is 0 Å². The average molecular weight is 699 g/mol. The van der Waals surface area contributed by atoms with Crippen LogP contribution in [0.4, 0.5) is 0 Å². The van der Waals surface area contributed by atoms with E-state index in [9.17, 15) is 30.0 Å². The molecule has 3 aliphatic heterocycles. The minimum Gasteiger partial charge on any atom is -0.459 e. The maximum Gasteiger partial charge on any atom is 0.330 e. The smallest absolute Gasteiger partial charge is 0.330 e. The van der Waals surface area contributed by atoms with Crippen molar-refractivity contribution in [3.63, 3.8) is 0 Å². The first-order valence-corrected chi connectivity index (χ1v) is 17.2. The zero-order valence-electron chi connectivity index (χ0n) is 30.2. The molecule has 0 saturated carbocycles. The van der Waals surface area contributed by atoms with Gasteiger partial charge in [0.2, 0.25) is 0 Å². The third-order valence-corrected chi connectivity index (χ3v) is 9.98. The first-order chi connectivity index (χ1) is 23.0. The Balaban J connectivity index is 1.83. The lowest BCUT2D eigenvalue weighted by Crippen LogP contribution is -2.63. The summed E-state index contributed by atoms with van der Waals surface area (Å²) >= 11 is 0. The third-order valence-electron chi connectivity index (χ3n) is 9.98. The minimum absolute atomic E-state index is 0.0142. The Bertz CT molecular complexity index is 1160. The number of aliphatic hydroxyl groups is 4. The summed E-state index contributed by atoms with van der Waals surface area (Å²) < 4.78 is 41.0. The molecular weight excluding hydrogens is 640 g/mol. The van der Waals surface area contributed by atoms with Crippen LogP contribution in [0.3, 0.4) is 0 Å². The van der Waals surface area contributed by atoms with Gasteiger partial charge in [0, 0.05) is 44.5 Å². The molecule has 0 radical (unpaired) electrons. The maximum atomic E-state index is 13.1. The molecule has 0 aromatic heterocycles. The summed E-state index contributed by atoms with van der Waals surface area (Å²) in [6, 6.07) is 0. The largest absolute Gasteiger partial charge is 0.459 e. The Morgan fingerprint density at radius 2 is 1.57 bits per heavy atom. The van der Waals surface area contributed by atoms with Gasteiger partial charge in [0.25, 0.3) is 0 Å². The van der Waals surface area contributed by atoms with Crippen molar-refractivity contribution in [2.75, 3.05) is 20.8 Å². The van der Waals surface area contributed by atoms with Crippen molar-refractivity contribution in [2.45, 2.75) is 134 Å². The average Bonchev–Trinajstić information content (AvgIpc) is 3.04. The van der Waals surface area contributed by atoms with Gasteiger partial charge in [0.05, 0.1) is 31.0 Å². The molecule has 16 atom stereocenters. The van der Waals surface area contributed by atoms with E-state index in [2.05, 4.69) is 0 Å². The third kappa shape index (κ3) is 10.5. The number of aliphatic hydroxyl groups excluding tert-OH is 3. The highest BCUT2D eigenvalue weighted by Gasteiger charge is 2.52. The van der Waals surface area contributed by atoms with Gasteiger partial charge >= 0.3 is 5.97 Å². The van der Waals surface area contributed by atoms with Crippen molar-refractivity contribution >= 4 is 11.8 Å². The summed E-state index contributed by atoms with van der Waals surface area (Å²) in [6.07, 6.45) is 0.362. The van der Waals surface area contributed by atoms with Crippen molar-refractivity contribution in [1.29, 1.82) is 0 Å². The number of hydrogen-bond donors (Lipinski definition) is 4. The summed E-state index contributed by atoms with van der Waals surface area (Å²) in [7, 11) is 2.95. The second-order valence-corrected chi connectivity index (χ2v) is 14.0. The van der Waals surface area contributed by atoms with Crippen LogP contribution in [0.15, 0.2) is 36.5 Å². The Morgan fingerprint density at radius 3 is 2.20 bits per heavy atom. The molecule has 3 heterocycles. The Kier molecular flexibility index (Phi) is 15.6. The highest BCUT2D eigenvalue weighted by molar-refractivity contribution is 5.91. The molecule has 0 aromatic carbocycles. The van der Waals surface area contributed by atoms with Gasteiger partial charge in [-0.05, 0) is 46.1 Å². The van der Waals surface area contributed by atoms with Crippen LogP contribution in [-0.4, -0.2) is 126 Å². The molecule has 4 N–H and O–H groups in total. The lowest BCUT2D eigenvalue weighted by atomic mass is 9.82. The van der Waals surface area contributed by atoms with Crippen LogP contribution in [0, 0.1) is 23.7 Å². The van der Waals surface area contributed by atoms with Gasteiger partial charge in [0.1, 0.15) is 36.1 Å². The number of ketones is 1. The molecule has 0 aromatic rings. The second-order valence-electron chi connectivity index (χ2n) is 14.0. The van der Waals surface area contributed by atoms with Crippen LogP contribution in [0.5, 0.6) is 0 Å². The van der Waals surface area contributed by atoms with Crippen LogP contribution in [0.25, 0.3) is 0 Å². The van der Waals surface area contributed by atoms with E-state index in [1.807, 2.05) is 20.8 Å². The van der Waals surface area contributed by atoms with E-state index in [1.165, 1.54) is 33.3 Å². The lowest BCUT2D eigenvalue weighted by molar-refractivity contribution is -0.322. The fourth-order valence-corrected chi connectivity index (χ4v) is 6.80. The molecule has 3 aliphatic rings. The van der Waals surface area contributed by atoms with Gasteiger partial charge < -0.3 is 53.6 Å². The maximum absolute atomic E-state index is 13.1. The first kappa shape index (κ1) is 41.4. The Hall–Kier alpha value is -2.04. The number of cyclic esters (lactones) is 1. The fraction of sp³-hybridized carbons (Fsp3) is 0.778. The number of carbonyl (C=O) groups excluding carboxylic acids is 2. The predicted octanol–water partition coefficient (Wildman–Crippen LogP) is 2.23. The molecule has 13 nitrogen and oxygen atoms in total. The summed E-state index contributed by atoms with van der Waals surface area (Å²) in [5.74, 6) is -2.21. The van der Waals surface area contributed by atoms with Gasteiger partial charge in [-0.2, -0.15) is 0 Å².